The predicted octanol–water partition coefficient (Wildman–Crippen LogP) is 2.10. The summed E-state index contributed by atoms with van der Waals surface area (Å²) in [4.78, 5) is 0.335. The summed E-state index contributed by atoms with van der Waals surface area (Å²) in [5.74, 6) is -0.0427. The average Bonchev–Trinajstić information content (AvgIpc) is 2.20. The Bertz CT molecular complexity index is 501. The number of sulfone groups is 1. The van der Waals surface area contributed by atoms with E-state index in [1.54, 1.807) is 26.0 Å². The quantitative estimate of drug-likeness (QED) is 0.897. The molecule has 0 heterocycles. The van der Waals surface area contributed by atoms with Crippen molar-refractivity contribution < 1.29 is 13.5 Å². The Hall–Kier alpha value is -0.870. The van der Waals surface area contributed by atoms with E-state index < -0.39 is 15.3 Å². The Morgan fingerprint density at radius 1 is 1.18 bits per heavy atom. The zero-order valence-electron chi connectivity index (χ0n) is 10.8. The van der Waals surface area contributed by atoms with Gasteiger partial charge in [0.05, 0.1) is 10.6 Å². The fourth-order valence-corrected chi connectivity index (χ4v) is 3.47. The molecule has 0 aromatic heterocycles. The van der Waals surface area contributed by atoms with Crippen LogP contribution in [0.3, 0.4) is 0 Å². The second kappa shape index (κ2) is 4.78. The van der Waals surface area contributed by atoms with E-state index in [0.717, 1.165) is 11.1 Å². The van der Waals surface area contributed by atoms with Crippen molar-refractivity contribution in [1.82, 2.24) is 0 Å². The minimum absolute atomic E-state index is 0.0427. The molecule has 3 nitrogen and oxygen atoms in total. The Kier molecular flexibility index (Phi) is 3.99. The zero-order valence-corrected chi connectivity index (χ0v) is 11.6. The first-order valence-corrected chi connectivity index (χ1v) is 7.24. The number of aryl methyl sites for hydroxylation is 2. The molecule has 1 aromatic carbocycles. The number of hydrogen-bond acceptors (Lipinski definition) is 3. The molecule has 4 heteroatoms. The highest BCUT2D eigenvalue weighted by Gasteiger charge is 2.27. The van der Waals surface area contributed by atoms with Gasteiger partial charge in [-0.3, -0.25) is 0 Å². The average molecular weight is 256 g/mol. The summed E-state index contributed by atoms with van der Waals surface area (Å²) >= 11 is 0. The Morgan fingerprint density at radius 2 is 1.76 bits per heavy atom. The van der Waals surface area contributed by atoms with Crippen LogP contribution in [0.5, 0.6) is 0 Å². The summed E-state index contributed by atoms with van der Waals surface area (Å²) < 4.78 is 24.3. The van der Waals surface area contributed by atoms with E-state index in [4.69, 9.17) is 5.11 Å². The summed E-state index contributed by atoms with van der Waals surface area (Å²) in [5, 5.41) is 9.14. The van der Waals surface area contributed by atoms with E-state index in [1.807, 2.05) is 19.9 Å². The fourth-order valence-electron chi connectivity index (χ4n) is 1.55. The minimum Gasteiger partial charge on any atom is -0.396 e. The van der Waals surface area contributed by atoms with E-state index in [0.29, 0.717) is 4.90 Å². The van der Waals surface area contributed by atoms with Crippen LogP contribution in [0.4, 0.5) is 0 Å². The van der Waals surface area contributed by atoms with Crippen LogP contribution in [0.25, 0.3) is 0 Å². The van der Waals surface area contributed by atoms with Gasteiger partial charge < -0.3 is 5.11 Å². The molecular weight excluding hydrogens is 236 g/mol. The van der Waals surface area contributed by atoms with Crippen LogP contribution < -0.4 is 0 Å². The monoisotopic (exact) mass is 256 g/mol. The van der Waals surface area contributed by atoms with Gasteiger partial charge in [-0.05, 0) is 37.1 Å². The lowest BCUT2D eigenvalue weighted by molar-refractivity contribution is 0.179. The number of aliphatic hydroxyl groups is 1. The van der Waals surface area contributed by atoms with Gasteiger partial charge in [0.1, 0.15) is 0 Å². The number of benzene rings is 1. The van der Waals surface area contributed by atoms with E-state index in [-0.39, 0.29) is 12.4 Å². The SMILES string of the molecule is Cc1ccc(S(=O)(=O)CC(C)(C)CO)cc1C. The summed E-state index contributed by atoms with van der Waals surface area (Å²) in [6.45, 7) is 7.18. The molecule has 0 spiro atoms. The van der Waals surface area contributed by atoms with Crippen molar-refractivity contribution in [1.29, 1.82) is 0 Å². The maximum atomic E-state index is 12.2. The van der Waals surface area contributed by atoms with E-state index >= 15 is 0 Å². The fraction of sp³-hybridized carbons (Fsp3) is 0.538. The molecule has 0 aliphatic heterocycles. The summed E-state index contributed by atoms with van der Waals surface area (Å²) in [7, 11) is -3.33. The highest BCUT2D eigenvalue weighted by Crippen LogP contribution is 2.23. The van der Waals surface area contributed by atoms with Crippen LogP contribution >= 0.6 is 0 Å². The number of hydrogen-bond donors (Lipinski definition) is 1. The Labute approximate surface area is 103 Å². The Morgan fingerprint density at radius 3 is 2.24 bits per heavy atom. The molecule has 0 unspecified atom stereocenters. The van der Waals surface area contributed by atoms with Crippen molar-refractivity contribution >= 4 is 9.84 Å². The van der Waals surface area contributed by atoms with Gasteiger partial charge in [-0.25, -0.2) is 8.42 Å². The van der Waals surface area contributed by atoms with Gasteiger partial charge in [0, 0.05) is 12.0 Å². The molecule has 0 radical (unpaired) electrons. The molecule has 1 N–H and O–H groups in total. The Balaban J connectivity index is 3.10. The van der Waals surface area contributed by atoms with Crippen LogP contribution in [-0.2, 0) is 9.84 Å². The predicted molar refractivity (Wildman–Crippen MR) is 68.8 cm³/mol. The molecule has 0 saturated carbocycles. The second-order valence-corrected chi connectivity index (χ2v) is 7.32. The maximum Gasteiger partial charge on any atom is 0.178 e. The van der Waals surface area contributed by atoms with Crippen molar-refractivity contribution in [2.24, 2.45) is 5.41 Å². The van der Waals surface area contributed by atoms with E-state index in [9.17, 15) is 8.42 Å². The lowest BCUT2D eigenvalue weighted by Crippen LogP contribution is -2.27. The first-order chi connectivity index (χ1) is 7.68. The van der Waals surface area contributed by atoms with Gasteiger partial charge in [0.2, 0.25) is 0 Å². The first kappa shape index (κ1) is 14.2. The summed E-state index contributed by atoms with van der Waals surface area (Å²) in [6.07, 6.45) is 0. The van der Waals surface area contributed by atoms with Gasteiger partial charge in [-0.2, -0.15) is 0 Å². The highest BCUT2D eigenvalue weighted by molar-refractivity contribution is 7.91. The highest BCUT2D eigenvalue weighted by atomic mass is 32.2. The second-order valence-electron chi connectivity index (χ2n) is 5.33. The van der Waals surface area contributed by atoms with Crippen LogP contribution in [-0.4, -0.2) is 25.9 Å². The molecule has 1 aromatic rings. The van der Waals surface area contributed by atoms with Crippen molar-refractivity contribution in [3.8, 4) is 0 Å². The lowest BCUT2D eigenvalue weighted by Gasteiger charge is -2.21. The summed E-state index contributed by atoms with van der Waals surface area (Å²) in [5.41, 5.74) is 1.43. The van der Waals surface area contributed by atoms with Crippen LogP contribution in [0.1, 0.15) is 25.0 Å². The molecule has 1 rings (SSSR count). The largest absolute Gasteiger partial charge is 0.396 e. The normalized spacial score (nSPS) is 12.8. The van der Waals surface area contributed by atoms with Gasteiger partial charge in [-0.1, -0.05) is 19.9 Å². The molecule has 0 amide bonds. The molecule has 0 fully saturated rings. The third kappa shape index (κ3) is 3.54. The molecule has 0 aliphatic carbocycles. The molecule has 0 saturated heterocycles. The topological polar surface area (TPSA) is 54.4 Å². The number of rotatable bonds is 4. The van der Waals surface area contributed by atoms with Crippen LogP contribution in [0.2, 0.25) is 0 Å². The lowest BCUT2D eigenvalue weighted by atomic mass is 9.98. The van der Waals surface area contributed by atoms with E-state index in [1.165, 1.54) is 0 Å². The van der Waals surface area contributed by atoms with Gasteiger partial charge in [0.25, 0.3) is 0 Å². The molecule has 96 valence electrons. The molecule has 0 bridgehead atoms. The standard InChI is InChI=1S/C13H20O3S/c1-10-5-6-12(7-11(10)2)17(15,16)9-13(3,4)8-14/h5-7,14H,8-9H2,1-4H3. The van der Waals surface area contributed by atoms with Crippen LogP contribution in [0.15, 0.2) is 23.1 Å². The van der Waals surface area contributed by atoms with Gasteiger partial charge in [0.15, 0.2) is 9.84 Å². The van der Waals surface area contributed by atoms with Gasteiger partial charge in [-0.15, -0.1) is 0 Å². The van der Waals surface area contributed by atoms with Gasteiger partial charge >= 0.3 is 0 Å². The van der Waals surface area contributed by atoms with E-state index in [2.05, 4.69) is 0 Å². The third-order valence-electron chi connectivity index (χ3n) is 2.85. The molecular formula is C13H20O3S. The van der Waals surface area contributed by atoms with Crippen molar-refractivity contribution in [3.05, 3.63) is 29.3 Å². The smallest absolute Gasteiger partial charge is 0.178 e. The number of aliphatic hydroxyl groups excluding tert-OH is 1. The van der Waals surface area contributed by atoms with Crippen molar-refractivity contribution in [2.45, 2.75) is 32.6 Å². The van der Waals surface area contributed by atoms with Crippen LogP contribution in [0, 0.1) is 19.3 Å². The maximum absolute atomic E-state index is 12.2. The molecule has 17 heavy (non-hydrogen) atoms. The zero-order chi connectivity index (χ0) is 13.3. The minimum atomic E-state index is -3.33. The molecule has 0 aliphatic rings. The molecule has 0 atom stereocenters. The van der Waals surface area contributed by atoms with Crippen molar-refractivity contribution in [3.63, 3.8) is 0 Å². The summed E-state index contributed by atoms with van der Waals surface area (Å²) in [6, 6.07) is 5.14. The third-order valence-corrected chi connectivity index (χ3v) is 4.98. The first-order valence-electron chi connectivity index (χ1n) is 5.59. The van der Waals surface area contributed by atoms with Crippen molar-refractivity contribution in [2.75, 3.05) is 12.4 Å².